The third-order valence-corrected chi connectivity index (χ3v) is 4.54. The van der Waals surface area contributed by atoms with Gasteiger partial charge in [-0.2, -0.15) is 11.3 Å². The summed E-state index contributed by atoms with van der Waals surface area (Å²) in [7, 11) is 0. The zero-order valence-corrected chi connectivity index (χ0v) is 13.1. The lowest BCUT2D eigenvalue weighted by atomic mass is 10.0. The zero-order valence-electron chi connectivity index (χ0n) is 10.7. The second-order valence-corrected chi connectivity index (χ2v) is 5.79. The molecule has 3 N–H and O–H groups in total. The van der Waals surface area contributed by atoms with E-state index in [9.17, 15) is 0 Å². The lowest BCUT2D eigenvalue weighted by molar-refractivity contribution is 0.317. The molecule has 0 radical (unpaired) electrons. The molecule has 0 bridgehead atoms. The summed E-state index contributed by atoms with van der Waals surface area (Å²) in [5.74, 6) is 6.59. The van der Waals surface area contributed by atoms with Crippen LogP contribution >= 0.6 is 27.3 Å². The quantitative estimate of drug-likeness (QED) is 0.620. The fourth-order valence-electron chi connectivity index (χ4n) is 1.87. The smallest absolute Gasteiger partial charge is 0.119 e. The van der Waals surface area contributed by atoms with Gasteiger partial charge in [-0.3, -0.25) is 5.84 Å². The molecular formula is C14H17BrN2OS. The number of rotatable bonds is 6. The van der Waals surface area contributed by atoms with Crippen LogP contribution in [0.1, 0.15) is 30.5 Å². The Morgan fingerprint density at radius 3 is 2.89 bits per heavy atom. The Balaban J connectivity index is 2.26. The minimum Gasteiger partial charge on any atom is -0.494 e. The van der Waals surface area contributed by atoms with Gasteiger partial charge in [0, 0.05) is 9.85 Å². The van der Waals surface area contributed by atoms with E-state index in [1.165, 1.54) is 0 Å². The highest BCUT2D eigenvalue weighted by Gasteiger charge is 2.16. The van der Waals surface area contributed by atoms with Crippen LogP contribution in [0.5, 0.6) is 5.75 Å². The molecule has 19 heavy (non-hydrogen) atoms. The molecule has 0 aliphatic rings. The Hall–Kier alpha value is -0.880. The third kappa shape index (κ3) is 3.57. The van der Waals surface area contributed by atoms with Crippen molar-refractivity contribution in [3.8, 4) is 5.75 Å². The highest BCUT2D eigenvalue weighted by molar-refractivity contribution is 9.10. The maximum atomic E-state index is 5.71. The number of benzene rings is 1. The predicted octanol–water partition coefficient (Wildman–Crippen LogP) is 3.85. The van der Waals surface area contributed by atoms with E-state index < -0.39 is 0 Å². The first kappa shape index (κ1) is 14.5. The molecule has 0 spiro atoms. The van der Waals surface area contributed by atoms with E-state index in [-0.39, 0.29) is 6.04 Å². The van der Waals surface area contributed by atoms with Gasteiger partial charge in [-0.25, -0.2) is 5.43 Å². The van der Waals surface area contributed by atoms with Crippen LogP contribution in [0.25, 0.3) is 0 Å². The fourth-order valence-corrected chi connectivity index (χ4v) is 3.42. The van der Waals surface area contributed by atoms with Crippen molar-refractivity contribution >= 4 is 27.3 Å². The van der Waals surface area contributed by atoms with Gasteiger partial charge in [0.25, 0.3) is 0 Å². The van der Waals surface area contributed by atoms with Crippen LogP contribution in [0.3, 0.4) is 0 Å². The first-order valence-corrected chi connectivity index (χ1v) is 7.90. The molecule has 1 aromatic carbocycles. The van der Waals surface area contributed by atoms with Crippen molar-refractivity contribution < 1.29 is 4.74 Å². The standard InChI is InChI=1S/C14H17BrN2OS/c1-2-6-18-11-5-3-4-10(7-11)14(17-16)12-8-19-9-13(12)15/h3-5,7-9,14,17H,2,6,16H2,1H3. The molecule has 2 rings (SSSR count). The van der Waals surface area contributed by atoms with E-state index in [0.717, 1.165) is 34.4 Å². The average Bonchev–Trinajstić information content (AvgIpc) is 2.84. The van der Waals surface area contributed by atoms with Gasteiger partial charge in [-0.05, 0) is 51.0 Å². The summed E-state index contributed by atoms with van der Waals surface area (Å²) in [6.45, 7) is 2.82. The van der Waals surface area contributed by atoms with E-state index in [1.807, 2.05) is 24.3 Å². The summed E-state index contributed by atoms with van der Waals surface area (Å²) < 4.78 is 6.73. The maximum Gasteiger partial charge on any atom is 0.119 e. The van der Waals surface area contributed by atoms with Crippen LogP contribution in [0.4, 0.5) is 0 Å². The maximum absolute atomic E-state index is 5.71. The van der Waals surface area contributed by atoms with Crippen molar-refractivity contribution in [1.29, 1.82) is 0 Å². The number of halogens is 1. The van der Waals surface area contributed by atoms with Crippen LogP contribution in [-0.2, 0) is 0 Å². The molecule has 0 aliphatic carbocycles. The van der Waals surface area contributed by atoms with Gasteiger partial charge in [0.15, 0.2) is 0 Å². The number of nitrogens with one attached hydrogen (secondary N) is 1. The van der Waals surface area contributed by atoms with Crippen molar-refractivity contribution in [3.05, 3.63) is 50.6 Å². The molecule has 1 unspecified atom stereocenters. The molecule has 1 aromatic heterocycles. The van der Waals surface area contributed by atoms with Gasteiger partial charge < -0.3 is 4.74 Å². The largest absolute Gasteiger partial charge is 0.494 e. The van der Waals surface area contributed by atoms with Crippen molar-refractivity contribution in [2.45, 2.75) is 19.4 Å². The Kier molecular flexibility index (Phi) is 5.39. The lowest BCUT2D eigenvalue weighted by Gasteiger charge is -2.17. The van der Waals surface area contributed by atoms with Crippen molar-refractivity contribution in [2.75, 3.05) is 6.61 Å². The SMILES string of the molecule is CCCOc1cccc(C(NN)c2cscc2Br)c1. The second-order valence-electron chi connectivity index (χ2n) is 4.20. The first-order chi connectivity index (χ1) is 9.26. The van der Waals surface area contributed by atoms with Gasteiger partial charge in [-0.15, -0.1) is 0 Å². The van der Waals surface area contributed by atoms with E-state index in [4.69, 9.17) is 10.6 Å². The Labute approximate surface area is 125 Å². The number of nitrogens with two attached hydrogens (primary N) is 1. The van der Waals surface area contributed by atoms with Gasteiger partial charge in [0.05, 0.1) is 12.6 Å². The lowest BCUT2D eigenvalue weighted by Crippen LogP contribution is -2.28. The number of thiophene rings is 1. The van der Waals surface area contributed by atoms with Crippen molar-refractivity contribution in [3.63, 3.8) is 0 Å². The van der Waals surface area contributed by atoms with E-state index in [2.05, 4.69) is 39.0 Å². The molecule has 3 nitrogen and oxygen atoms in total. The molecule has 5 heteroatoms. The monoisotopic (exact) mass is 340 g/mol. The molecule has 0 saturated carbocycles. The second kappa shape index (κ2) is 7.05. The molecule has 0 fully saturated rings. The number of hydrazine groups is 1. The minimum atomic E-state index is -0.0363. The molecule has 0 saturated heterocycles. The summed E-state index contributed by atoms with van der Waals surface area (Å²) >= 11 is 5.20. The van der Waals surface area contributed by atoms with E-state index in [1.54, 1.807) is 11.3 Å². The van der Waals surface area contributed by atoms with Crippen LogP contribution < -0.4 is 16.0 Å². The normalized spacial score (nSPS) is 12.4. The molecule has 1 atom stereocenters. The molecule has 0 aliphatic heterocycles. The Morgan fingerprint density at radius 1 is 1.42 bits per heavy atom. The van der Waals surface area contributed by atoms with E-state index in [0.29, 0.717) is 0 Å². The molecule has 102 valence electrons. The van der Waals surface area contributed by atoms with Gasteiger partial charge in [-0.1, -0.05) is 19.1 Å². The topological polar surface area (TPSA) is 47.3 Å². The minimum absolute atomic E-state index is 0.0363. The molecular weight excluding hydrogens is 324 g/mol. The first-order valence-electron chi connectivity index (χ1n) is 6.16. The summed E-state index contributed by atoms with van der Waals surface area (Å²) in [5.41, 5.74) is 5.10. The highest BCUT2D eigenvalue weighted by Crippen LogP contribution is 2.32. The van der Waals surface area contributed by atoms with E-state index >= 15 is 0 Å². The summed E-state index contributed by atoms with van der Waals surface area (Å²) in [6.07, 6.45) is 0.999. The Morgan fingerprint density at radius 2 is 2.26 bits per heavy atom. The Bertz CT molecular complexity index is 530. The zero-order chi connectivity index (χ0) is 13.7. The highest BCUT2D eigenvalue weighted by atomic mass is 79.9. The van der Waals surface area contributed by atoms with Crippen LogP contribution in [0.15, 0.2) is 39.5 Å². The third-order valence-electron chi connectivity index (χ3n) is 2.78. The van der Waals surface area contributed by atoms with Crippen molar-refractivity contribution in [2.24, 2.45) is 5.84 Å². The number of hydrogen-bond acceptors (Lipinski definition) is 4. The van der Waals surface area contributed by atoms with Crippen LogP contribution in [0, 0.1) is 0 Å². The molecule has 0 amide bonds. The van der Waals surface area contributed by atoms with Gasteiger partial charge in [0.2, 0.25) is 0 Å². The molecule has 2 aromatic rings. The van der Waals surface area contributed by atoms with Crippen LogP contribution in [-0.4, -0.2) is 6.61 Å². The number of hydrogen-bond donors (Lipinski definition) is 2. The summed E-state index contributed by atoms with van der Waals surface area (Å²) in [4.78, 5) is 0. The van der Waals surface area contributed by atoms with Gasteiger partial charge in [0.1, 0.15) is 5.75 Å². The number of ether oxygens (including phenoxy) is 1. The van der Waals surface area contributed by atoms with Gasteiger partial charge >= 0.3 is 0 Å². The van der Waals surface area contributed by atoms with Crippen LogP contribution in [0.2, 0.25) is 0 Å². The average molecular weight is 341 g/mol. The summed E-state index contributed by atoms with van der Waals surface area (Å²) in [5, 5.41) is 4.14. The summed E-state index contributed by atoms with van der Waals surface area (Å²) in [6, 6.07) is 8.00. The molecule has 1 heterocycles. The predicted molar refractivity (Wildman–Crippen MR) is 83.4 cm³/mol. The van der Waals surface area contributed by atoms with Crippen molar-refractivity contribution in [1.82, 2.24) is 5.43 Å². The fraction of sp³-hybridized carbons (Fsp3) is 0.286.